The maximum Gasteiger partial charge on any atom is 0.274 e. The summed E-state index contributed by atoms with van der Waals surface area (Å²) in [4.78, 5) is 22.2. The number of rotatable bonds is 3. The van der Waals surface area contributed by atoms with Gasteiger partial charge < -0.3 is 15.0 Å². The third-order valence-electron chi connectivity index (χ3n) is 3.29. The lowest BCUT2D eigenvalue weighted by Crippen LogP contribution is -2.37. The maximum atomic E-state index is 13.5. The monoisotopic (exact) mass is 302 g/mol. The zero-order valence-corrected chi connectivity index (χ0v) is 11.8. The first-order chi connectivity index (χ1) is 10.7. The van der Waals surface area contributed by atoms with Crippen LogP contribution in [0.2, 0.25) is 0 Å². The first kappa shape index (κ1) is 14.4. The Labute approximate surface area is 126 Å². The Kier molecular flexibility index (Phi) is 4.24. The van der Waals surface area contributed by atoms with Gasteiger partial charge in [-0.3, -0.25) is 9.78 Å². The summed E-state index contributed by atoms with van der Waals surface area (Å²) in [7, 11) is 0. The van der Waals surface area contributed by atoms with Crippen molar-refractivity contribution in [1.82, 2.24) is 9.97 Å². The van der Waals surface area contributed by atoms with Crippen molar-refractivity contribution in [3.63, 3.8) is 0 Å². The van der Waals surface area contributed by atoms with Crippen LogP contribution in [0.1, 0.15) is 10.5 Å². The molecule has 3 heterocycles. The Morgan fingerprint density at radius 3 is 2.82 bits per heavy atom. The van der Waals surface area contributed by atoms with Gasteiger partial charge in [-0.25, -0.2) is 9.37 Å². The van der Waals surface area contributed by atoms with Crippen molar-refractivity contribution >= 4 is 17.4 Å². The highest BCUT2D eigenvalue weighted by atomic mass is 19.1. The average molecular weight is 302 g/mol. The Morgan fingerprint density at radius 1 is 1.27 bits per heavy atom. The van der Waals surface area contributed by atoms with E-state index < -0.39 is 11.7 Å². The third kappa shape index (κ3) is 3.20. The molecular formula is C15H15FN4O2. The summed E-state index contributed by atoms with van der Waals surface area (Å²) < 4.78 is 18.8. The number of nitrogens with zero attached hydrogens (tertiary/aromatic N) is 3. The average Bonchev–Trinajstić information content (AvgIpc) is 2.56. The summed E-state index contributed by atoms with van der Waals surface area (Å²) in [6.07, 6.45) is 2.67. The minimum atomic E-state index is -0.506. The van der Waals surface area contributed by atoms with Crippen molar-refractivity contribution in [2.24, 2.45) is 0 Å². The van der Waals surface area contributed by atoms with E-state index in [0.29, 0.717) is 37.8 Å². The molecule has 1 aliphatic heterocycles. The van der Waals surface area contributed by atoms with Gasteiger partial charge in [0.25, 0.3) is 5.91 Å². The Balaban J connectivity index is 1.85. The fourth-order valence-corrected chi connectivity index (χ4v) is 2.23. The molecule has 7 heteroatoms. The van der Waals surface area contributed by atoms with Crippen LogP contribution in [0.4, 0.5) is 15.9 Å². The van der Waals surface area contributed by atoms with Gasteiger partial charge in [0.1, 0.15) is 11.5 Å². The van der Waals surface area contributed by atoms with Gasteiger partial charge >= 0.3 is 0 Å². The number of amides is 1. The molecule has 0 aromatic carbocycles. The number of carbonyl (C=O) groups excluding carboxylic acids is 1. The van der Waals surface area contributed by atoms with Gasteiger partial charge in [0.2, 0.25) is 0 Å². The molecule has 0 atom stereocenters. The van der Waals surface area contributed by atoms with Gasteiger partial charge in [0.05, 0.1) is 25.1 Å². The van der Waals surface area contributed by atoms with E-state index in [1.165, 1.54) is 12.3 Å². The summed E-state index contributed by atoms with van der Waals surface area (Å²) in [5.41, 5.74) is 0.595. The third-order valence-corrected chi connectivity index (χ3v) is 3.29. The predicted octanol–water partition coefficient (Wildman–Crippen LogP) is 1.70. The lowest BCUT2D eigenvalue weighted by Gasteiger charge is -2.29. The van der Waals surface area contributed by atoms with Gasteiger partial charge in [0.15, 0.2) is 5.82 Å². The van der Waals surface area contributed by atoms with E-state index >= 15 is 0 Å². The van der Waals surface area contributed by atoms with Crippen LogP contribution in [-0.4, -0.2) is 42.2 Å². The van der Waals surface area contributed by atoms with Crippen molar-refractivity contribution in [2.75, 3.05) is 36.5 Å². The van der Waals surface area contributed by atoms with Crippen molar-refractivity contribution < 1.29 is 13.9 Å². The normalized spacial score (nSPS) is 14.7. The number of morpholine rings is 1. The van der Waals surface area contributed by atoms with E-state index in [-0.39, 0.29) is 5.69 Å². The molecular weight excluding hydrogens is 287 g/mol. The van der Waals surface area contributed by atoms with Crippen LogP contribution in [0.25, 0.3) is 0 Å². The largest absolute Gasteiger partial charge is 0.378 e. The van der Waals surface area contributed by atoms with Crippen LogP contribution in [0.5, 0.6) is 0 Å². The van der Waals surface area contributed by atoms with E-state index in [4.69, 9.17) is 4.74 Å². The molecule has 1 saturated heterocycles. The fraction of sp³-hybridized carbons (Fsp3) is 0.267. The maximum absolute atomic E-state index is 13.5. The SMILES string of the molecule is O=C(Nc1cc(F)cnc1N1CCOCC1)c1ccccn1. The molecule has 2 aromatic rings. The standard InChI is InChI=1S/C15H15FN4O2/c16-11-9-13(19-15(21)12-3-1-2-4-17-12)14(18-10-11)20-5-7-22-8-6-20/h1-4,9-10H,5-8H2,(H,19,21). The molecule has 1 N–H and O–H groups in total. The summed E-state index contributed by atoms with van der Waals surface area (Å²) in [6, 6.07) is 6.30. The van der Waals surface area contributed by atoms with Crippen molar-refractivity contribution in [1.29, 1.82) is 0 Å². The number of halogens is 1. The molecule has 0 spiro atoms. The van der Waals surface area contributed by atoms with Crippen LogP contribution in [0.15, 0.2) is 36.7 Å². The summed E-state index contributed by atoms with van der Waals surface area (Å²) in [5.74, 6) is -0.371. The predicted molar refractivity (Wildman–Crippen MR) is 79.4 cm³/mol. The summed E-state index contributed by atoms with van der Waals surface area (Å²) in [6.45, 7) is 2.44. The molecule has 6 nitrogen and oxygen atoms in total. The topological polar surface area (TPSA) is 67.4 Å². The van der Waals surface area contributed by atoms with Crippen LogP contribution in [-0.2, 0) is 4.74 Å². The van der Waals surface area contributed by atoms with E-state index in [0.717, 1.165) is 6.20 Å². The van der Waals surface area contributed by atoms with E-state index in [2.05, 4.69) is 15.3 Å². The van der Waals surface area contributed by atoms with Gasteiger partial charge in [-0.15, -0.1) is 0 Å². The Morgan fingerprint density at radius 2 is 2.09 bits per heavy atom. The highest BCUT2D eigenvalue weighted by molar-refractivity contribution is 6.04. The zero-order chi connectivity index (χ0) is 15.4. The Bertz CT molecular complexity index is 660. The van der Waals surface area contributed by atoms with Crippen molar-refractivity contribution in [2.45, 2.75) is 0 Å². The number of nitrogens with one attached hydrogen (secondary N) is 1. The minimum absolute atomic E-state index is 0.264. The number of pyridine rings is 2. The summed E-state index contributed by atoms with van der Waals surface area (Å²) >= 11 is 0. The van der Waals surface area contributed by atoms with Crippen LogP contribution < -0.4 is 10.2 Å². The van der Waals surface area contributed by atoms with Crippen molar-refractivity contribution in [3.8, 4) is 0 Å². The molecule has 3 rings (SSSR count). The molecule has 0 unspecified atom stereocenters. The molecule has 0 saturated carbocycles. The van der Waals surface area contributed by atoms with Crippen LogP contribution in [0, 0.1) is 5.82 Å². The molecule has 22 heavy (non-hydrogen) atoms. The van der Waals surface area contributed by atoms with Gasteiger partial charge in [-0.2, -0.15) is 0 Å². The highest BCUT2D eigenvalue weighted by Crippen LogP contribution is 2.25. The smallest absolute Gasteiger partial charge is 0.274 e. The number of hydrogen-bond donors (Lipinski definition) is 1. The van der Waals surface area contributed by atoms with E-state index in [9.17, 15) is 9.18 Å². The lowest BCUT2D eigenvalue weighted by atomic mass is 10.3. The van der Waals surface area contributed by atoms with Crippen LogP contribution >= 0.6 is 0 Å². The quantitative estimate of drug-likeness (QED) is 0.935. The molecule has 0 bridgehead atoms. The second-order valence-electron chi connectivity index (χ2n) is 4.79. The zero-order valence-electron chi connectivity index (χ0n) is 11.8. The molecule has 1 aliphatic rings. The molecule has 114 valence electrons. The molecule has 0 aliphatic carbocycles. The highest BCUT2D eigenvalue weighted by Gasteiger charge is 2.19. The van der Waals surface area contributed by atoms with Crippen molar-refractivity contribution in [3.05, 3.63) is 48.2 Å². The number of carbonyl (C=O) groups is 1. The van der Waals surface area contributed by atoms with Gasteiger partial charge in [-0.1, -0.05) is 6.07 Å². The van der Waals surface area contributed by atoms with E-state index in [1.807, 2.05) is 4.90 Å². The molecule has 2 aromatic heterocycles. The number of ether oxygens (including phenoxy) is 1. The molecule has 1 amide bonds. The second-order valence-corrected chi connectivity index (χ2v) is 4.79. The van der Waals surface area contributed by atoms with Gasteiger partial charge in [-0.05, 0) is 12.1 Å². The summed E-state index contributed by atoms with van der Waals surface area (Å²) in [5, 5.41) is 2.68. The van der Waals surface area contributed by atoms with Gasteiger partial charge in [0, 0.05) is 25.4 Å². The first-order valence-corrected chi connectivity index (χ1v) is 6.94. The second kappa shape index (κ2) is 6.48. The molecule has 0 radical (unpaired) electrons. The minimum Gasteiger partial charge on any atom is -0.378 e. The van der Waals surface area contributed by atoms with E-state index in [1.54, 1.807) is 18.2 Å². The number of hydrogen-bond acceptors (Lipinski definition) is 5. The molecule has 1 fully saturated rings. The Hall–Kier alpha value is -2.54. The number of anilines is 2. The first-order valence-electron chi connectivity index (χ1n) is 6.94. The number of aromatic nitrogens is 2. The van der Waals surface area contributed by atoms with Crippen LogP contribution in [0.3, 0.4) is 0 Å². The fourth-order valence-electron chi connectivity index (χ4n) is 2.23. The lowest BCUT2D eigenvalue weighted by molar-refractivity contribution is 0.102.